The smallest absolute Gasteiger partial charge is 0.263 e. The van der Waals surface area contributed by atoms with Crippen molar-refractivity contribution in [3.63, 3.8) is 0 Å². The van der Waals surface area contributed by atoms with Crippen molar-refractivity contribution in [3.05, 3.63) is 60.2 Å². The van der Waals surface area contributed by atoms with Crippen molar-refractivity contribution in [1.82, 2.24) is 5.32 Å². The van der Waals surface area contributed by atoms with Gasteiger partial charge in [0.1, 0.15) is 5.75 Å². The van der Waals surface area contributed by atoms with E-state index in [1.807, 2.05) is 25.1 Å². The van der Waals surface area contributed by atoms with Crippen molar-refractivity contribution in [2.45, 2.75) is 38.8 Å². The molecule has 0 fully saturated rings. The Kier molecular flexibility index (Phi) is 6.24. The summed E-state index contributed by atoms with van der Waals surface area (Å²) in [5.74, 6) is 0.0672. The number of para-hydroxylation sites is 2. The fraction of sp³-hybridized carbons (Fsp3) is 0.381. The van der Waals surface area contributed by atoms with Crippen molar-refractivity contribution in [2.24, 2.45) is 0 Å². The highest BCUT2D eigenvalue weighted by Gasteiger charge is 2.36. The molecule has 0 bridgehead atoms. The van der Waals surface area contributed by atoms with E-state index < -0.39 is 16.1 Å². The van der Waals surface area contributed by atoms with Crippen LogP contribution in [0, 0.1) is 0 Å². The largest absolute Gasteiger partial charge is 0.476 e. The molecule has 0 spiro atoms. The third-order valence-electron chi connectivity index (χ3n) is 4.83. The van der Waals surface area contributed by atoms with Crippen LogP contribution < -0.4 is 14.4 Å². The van der Waals surface area contributed by atoms with E-state index in [4.69, 9.17) is 4.74 Å². The molecule has 0 saturated carbocycles. The number of carbonyl (C=O) groups excluding carboxylic acids is 1. The van der Waals surface area contributed by atoms with Crippen molar-refractivity contribution in [3.8, 4) is 5.75 Å². The standard InChI is InChI=1S/C21H26N2O4S/c1-3-28(25,26)23-15-20(27-19-12-8-7-11-18(19)23)21(24)22-16(2)13-14-17-9-5-4-6-10-17/h4-12,16,20H,3,13-15H2,1-2H3,(H,22,24)/t16-,20+/m1/s1. The number of anilines is 1. The van der Waals surface area contributed by atoms with E-state index in [1.165, 1.54) is 9.87 Å². The number of fused-ring (bicyclic) bond motifs is 1. The molecule has 1 aliphatic rings. The van der Waals surface area contributed by atoms with Crippen LogP contribution in [-0.4, -0.2) is 38.8 Å². The molecule has 1 aliphatic heterocycles. The molecule has 0 radical (unpaired) electrons. The van der Waals surface area contributed by atoms with Gasteiger partial charge in [-0.25, -0.2) is 8.42 Å². The average molecular weight is 403 g/mol. The topological polar surface area (TPSA) is 75.7 Å². The number of aryl methyl sites for hydroxylation is 1. The molecule has 0 saturated heterocycles. The maximum atomic E-state index is 12.7. The summed E-state index contributed by atoms with van der Waals surface area (Å²) in [5, 5.41) is 2.96. The normalized spacial score (nSPS) is 17.4. The third-order valence-corrected chi connectivity index (χ3v) is 6.57. The average Bonchev–Trinajstić information content (AvgIpc) is 2.72. The first-order chi connectivity index (χ1) is 13.4. The molecule has 7 heteroatoms. The van der Waals surface area contributed by atoms with Crippen molar-refractivity contribution >= 4 is 21.6 Å². The molecular weight excluding hydrogens is 376 g/mol. The SMILES string of the molecule is CCS(=O)(=O)N1C[C@@H](C(=O)N[C@H](C)CCc2ccccc2)Oc2ccccc21. The Bertz CT molecular complexity index is 915. The Morgan fingerprint density at radius 3 is 2.57 bits per heavy atom. The van der Waals surface area contributed by atoms with Crippen LogP contribution in [0.15, 0.2) is 54.6 Å². The van der Waals surface area contributed by atoms with Gasteiger partial charge in [0, 0.05) is 6.04 Å². The lowest BCUT2D eigenvalue weighted by molar-refractivity contribution is -0.128. The quantitative estimate of drug-likeness (QED) is 0.773. The monoisotopic (exact) mass is 402 g/mol. The van der Waals surface area contributed by atoms with Crippen molar-refractivity contribution in [2.75, 3.05) is 16.6 Å². The van der Waals surface area contributed by atoms with Crippen LogP contribution in [-0.2, 0) is 21.2 Å². The highest BCUT2D eigenvalue weighted by atomic mass is 32.2. The van der Waals surface area contributed by atoms with Gasteiger partial charge in [-0.15, -0.1) is 0 Å². The Labute approximate surface area is 166 Å². The molecule has 0 aromatic heterocycles. The number of ether oxygens (including phenoxy) is 1. The molecule has 1 amide bonds. The number of nitrogens with one attached hydrogen (secondary N) is 1. The summed E-state index contributed by atoms with van der Waals surface area (Å²) in [6.45, 7) is 3.51. The summed E-state index contributed by atoms with van der Waals surface area (Å²) >= 11 is 0. The van der Waals surface area contributed by atoms with Gasteiger partial charge in [0.05, 0.1) is 18.0 Å². The molecule has 1 N–H and O–H groups in total. The molecule has 28 heavy (non-hydrogen) atoms. The number of amides is 1. The van der Waals surface area contributed by atoms with Gasteiger partial charge in [0.15, 0.2) is 6.10 Å². The van der Waals surface area contributed by atoms with Gasteiger partial charge >= 0.3 is 0 Å². The zero-order valence-electron chi connectivity index (χ0n) is 16.2. The van der Waals surface area contributed by atoms with Crippen LogP contribution in [0.1, 0.15) is 25.8 Å². The number of hydrogen-bond donors (Lipinski definition) is 1. The summed E-state index contributed by atoms with van der Waals surface area (Å²) in [4.78, 5) is 12.7. The molecule has 2 atom stereocenters. The number of sulfonamides is 1. The van der Waals surface area contributed by atoms with E-state index in [-0.39, 0.29) is 24.2 Å². The maximum Gasteiger partial charge on any atom is 0.263 e. The van der Waals surface area contributed by atoms with Gasteiger partial charge in [0.25, 0.3) is 5.91 Å². The van der Waals surface area contributed by atoms with Gasteiger partial charge < -0.3 is 10.1 Å². The summed E-state index contributed by atoms with van der Waals surface area (Å²) in [7, 11) is -3.50. The minimum Gasteiger partial charge on any atom is -0.476 e. The Hall–Kier alpha value is -2.54. The highest BCUT2D eigenvalue weighted by Crippen LogP contribution is 2.35. The van der Waals surface area contributed by atoms with Crippen LogP contribution in [0.4, 0.5) is 5.69 Å². The first kappa shape index (κ1) is 20.2. The molecule has 3 rings (SSSR count). The van der Waals surface area contributed by atoms with Gasteiger partial charge in [-0.1, -0.05) is 42.5 Å². The van der Waals surface area contributed by atoms with Gasteiger partial charge in [-0.2, -0.15) is 0 Å². The van der Waals surface area contributed by atoms with E-state index in [0.717, 1.165) is 12.8 Å². The van der Waals surface area contributed by atoms with Gasteiger partial charge in [0.2, 0.25) is 10.0 Å². The molecule has 150 valence electrons. The molecule has 1 heterocycles. The van der Waals surface area contributed by atoms with Crippen molar-refractivity contribution < 1.29 is 17.9 Å². The molecular formula is C21H26N2O4S. The molecule has 6 nitrogen and oxygen atoms in total. The third kappa shape index (κ3) is 4.65. The number of benzene rings is 2. The first-order valence-electron chi connectivity index (χ1n) is 9.51. The highest BCUT2D eigenvalue weighted by molar-refractivity contribution is 7.92. The first-order valence-corrected chi connectivity index (χ1v) is 11.1. The Morgan fingerprint density at radius 2 is 1.86 bits per heavy atom. The lowest BCUT2D eigenvalue weighted by Crippen LogP contribution is -2.52. The summed E-state index contributed by atoms with van der Waals surface area (Å²) < 4.78 is 32.1. The second kappa shape index (κ2) is 8.65. The van der Waals surface area contributed by atoms with Crippen LogP contribution in [0.3, 0.4) is 0 Å². The predicted octanol–water partition coefficient (Wildman–Crippen LogP) is 2.74. The second-order valence-electron chi connectivity index (χ2n) is 6.94. The number of hydrogen-bond acceptors (Lipinski definition) is 4. The Morgan fingerprint density at radius 1 is 1.18 bits per heavy atom. The van der Waals surface area contributed by atoms with E-state index >= 15 is 0 Å². The van der Waals surface area contributed by atoms with Crippen LogP contribution in [0.5, 0.6) is 5.75 Å². The fourth-order valence-electron chi connectivity index (χ4n) is 3.19. The number of nitrogens with zero attached hydrogens (tertiary/aromatic N) is 1. The zero-order valence-corrected chi connectivity index (χ0v) is 17.0. The molecule has 0 unspecified atom stereocenters. The Balaban J connectivity index is 1.67. The maximum absolute atomic E-state index is 12.7. The lowest BCUT2D eigenvalue weighted by Gasteiger charge is -2.35. The van der Waals surface area contributed by atoms with Crippen LogP contribution in [0.25, 0.3) is 0 Å². The summed E-state index contributed by atoms with van der Waals surface area (Å²) in [5.41, 5.74) is 1.69. The van der Waals surface area contributed by atoms with E-state index in [0.29, 0.717) is 11.4 Å². The van der Waals surface area contributed by atoms with Gasteiger partial charge in [-0.3, -0.25) is 9.10 Å². The van der Waals surface area contributed by atoms with E-state index in [1.54, 1.807) is 31.2 Å². The minimum absolute atomic E-state index is 0.0234. The van der Waals surface area contributed by atoms with Crippen LogP contribution in [0.2, 0.25) is 0 Å². The molecule has 2 aromatic rings. The minimum atomic E-state index is -3.50. The number of rotatable bonds is 7. The van der Waals surface area contributed by atoms with Crippen molar-refractivity contribution in [1.29, 1.82) is 0 Å². The summed E-state index contributed by atoms with van der Waals surface area (Å²) in [6, 6.07) is 16.9. The van der Waals surface area contributed by atoms with E-state index in [9.17, 15) is 13.2 Å². The van der Waals surface area contributed by atoms with E-state index in [2.05, 4.69) is 17.4 Å². The molecule has 2 aromatic carbocycles. The molecule has 0 aliphatic carbocycles. The van der Waals surface area contributed by atoms with Gasteiger partial charge in [-0.05, 0) is 44.4 Å². The summed E-state index contributed by atoms with van der Waals surface area (Å²) in [6.07, 6.45) is 0.763. The van der Waals surface area contributed by atoms with Crippen LogP contribution >= 0.6 is 0 Å². The predicted molar refractivity (Wildman–Crippen MR) is 110 cm³/mol. The number of carbonyl (C=O) groups is 1. The second-order valence-corrected chi connectivity index (χ2v) is 9.12. The fourth-order valence-corrected chi connectivity index (χ4v) is 4.32. The zero-order chi connectivity index (χ0) is 20.1. The lowest BCUT2D eigenvalue weighted by atomic mass is 10.1.